The van der Waals surface area contributed by atoms with E-state index in [0.717, 1.165) is 5.56 Å². The Kier molecular flexibility index (Phi) is 6.97. The van der Waals surface area contributed by atoms with Gasteiger partial charge < -0.3 is 15.2 Å². The molecule has 0 saturated carbocycles. The predicted octanol–water partition coefficient (Wildman–Crippen LogP) is 3.04. The Balaban J connectivity index is 2.45. The normalized spacial score (nSPS) is 14.5. The van der Waals surface area contributed by atoms with E-state index in [0.29, 0.717) is 29.6 Å². The lowest BCUT2D eigenvalue weighted by atomic mass is 10.1. The molecule has 2 unspecified atom stereocenters. The first-order valence-corrected chi connectivity index (χ1v) is 6.65. The monoisotopic (exact) mass is 291 g/mol. The van der Waals surface area contributed by atoms with Crippen molar-refractivity contribution >= 4 is 23.2 Å². The van der Waals surface area contributed by atoms with E-state index in [4.69, 9.17) is 27.9 Å². The summed E-state index contributed by atoms with van der Waals surface area (Å²) in [5, 5.41) is 14.2. The second kappa shape index (κ2) is 7.97. The Labute approximate surface area is 118 Å². The molecule has 1 rings (SSSR count). The van der Waals surface area contributed by atoms with Gasteiger partial charge >= 0.3 is 0 Å². The zero-order chi connectivity index (χ0) is 13.5. The maximum atomic E-state index is 9.52. The maximum absolute atomic E-state index is 9.52. The fraction of sp³-hybridized carbons (Fsp3) is 0.538. The Morgan fingerprint density at radius 2 is 2.11 bits per heavy atom. The van der Waals surface area contributed by atoms with Crippen LogP contribution in [0, 0.1) is 0 Å². The van der Waals surface area contributed by atoms with E-state index in [1.54, 1.807) is 19.2 Å². The summed E-state index contributed by atoms with van der Waals surface area (Å²) < 4.78 is 4.86. The van der Waals surface area contributed by atoms with E-state index in [1.165, 1.54) is 0 Å². The van der Waals surface area contributed by atoms with Gasteiger partial charge in [0, 0.05) is 23.2 Å². The van der Waals surface area contributed by atoms with Crippen molar-refractivity contribution in [2.45, 2.75) is 25.5 Å². The van der Waals surface area contributed by atoms with Crippen LogP contribution in [0.4, 0.5) is 0 Å². The number of nitrogens with one attached hydrogen (secondary N) is 1. The van der Waals surface area contributed by atoms with Gasteiger partial charge in [0.2, 0.25) is 0 Å². The molecule has 1 aromatic carbocycles. The molecule has 3 nitrogen and oxygen atoms in total. The van der Waals surface area contributed by atoms with Gasteiger partial charge in [-0.3, -0.25) is 0 Å². The highest BCUT2D eigenvalue weighted by molar-refractivity contribution is 6.33. The number of hydrogen-bond donors (Lipinski definition) is 2. The van der Waals surface area contributed by atoms with E-state index >= 15 is 0 Å². The van der Waals surface area contributed by atoms with Gasteiger partial charge in [0.25, 0.3) is 0 Å². The summed E-state index contributed by atoms with van der Waals surface area (Å²) in [5.41, 5.74) is 0.963. The lowest BCUT2D eigenvalue weighted by molar-refractivity contribution is 0.0590. The lowest BCUT2D eigenvalue weighted by Crippen LogP contribution is -2.25. The Morgan fingerprint density at radius 1 is 1.39 bits per heavy atom. The number of methoxy groups -OCH3 is 1. The molecule has 2 N–H and O–H groups in total. The van der Waals surface area contributed by atoms with Crippen LogP contribution in [0.25, 0.3) is 0 Å². The SMILES string of the molecule is COCC(O)CCNC(C)c1cc(Cl)ccc1Cl. The molecule has 1 aromatic rings. The van der Waals surface area contributed by atoms with Gasteiger partial charge in [-0.1, -0.05) is 23.2 Å². The molecule has 2 atom stereocenters. The Hall–Kier alpha value is -0.320. The first-order chi connectivity index (χ1) is 8.54. The third kappa shape index (κ3) is 5.12. The zero-order valence-corrected chi connectivity index (χ0v) is 12.1. The van der Waals surface area contributed by atoms with Gasteiger partial charge in [-0.15, -0.1) is 0 Å². The van der Waals surface area contributed by atoms with E-state index in [1.807, 2.05) is 13.0 Å². The van der Waals surface area contributed by atoms with Gasteiger partial charge in [-0.05, 0) is 43.7 Å². The molecule has 0 saturated heterocycles. The number of ether oxygens (including phenoxy) is 1. The molecule has 0 aromatic heterocycles. The second-order valence-electron chi connectivity index (χ2n) is 4.24. The van der Waals surface area contributed by atoms with Crippen molar-refractivity contribution in [3.8, 4) is 0 Å². The molecule has 0 aliphatic rings. The number of aliphatic hydroxyl groups excluding tert-OH is 1. The number of benzene rings is 1. The Bertz CT molecular complexity index is 374. The van der Waals surface area contributed by atoms with Crippen LogP contribution in [0.5, 0.6) is 0 Å². The number of hydrogen-bond acceptors (Lipinski definition) is 3. The molecule has 0 spiro atoms. The molecular weight excluding hydrogens is 273 g/mol. The lowest BCUT2D eigenvalue weighted by Gasteiger charge is -2.17. The van der Waals surface area contributed by atoms with Crippen LogP contribution in [0.15, 0.2) is 18.2 Å². The molecule has 5 heteroatoms. The maximum Gasteiger partial charge on any atom is 0.0785 e. The fourth-order valence-electron chi connectivity index (χ4n) is 1.70. The predicted molar refractivity (Wildman–Crippen MR) is 75.4 cm³/mol. The average molecular weight is 292 g/mol. The topological polar surface area (TPSA) is 41.5 Å². The smallest absolute Gasteiger partial charge is 0.0785 e. The van der Waals surface area contributed by atoms with Crippen molar-refractivity contribution in [3.63, 3.8) is 0 Å². The quantitative estimate of drug-likeness (QED) is 0.811. The van der Waals surface area contributed by atoms with Crippen molar-refractivity contribution in [1.29, 1.82) is 0 Å². The van der Waals surface area contributed by atoms with Crippen LogP contribution >= 0.6 is 23.2 Å². The number of rotatable bonds is 7. The van der Waals surface area contributed by atoms with Crippen LogP contribution < -0.4 is 5.32 Å². The first kappa shape index (κ1) is 15.7. The van der Waals surface area contributed by atoms with Gasteiger partial charge in [0.15, 0.2) is 0 Å². The zero-order valence-electron chi connectivity index (χ0n) is 10.6. The molecule has 18 heavy (non-hydrogen) atoms. The van der Waals surface area contributed by atoms with Gasteiger partial charge in [-0.2, -0.15) is 0 Å². The summed E-state index contributed by atoms with van der Waals surface area (Å²) in [5.74, 6) is 0. The number of halogens is 2. The third-order valence-corrected chi connectivity index (χ3v) is 3.29. The first-order valence-electron chi connectivity index (χ1n) is 5.90. The minimum atomic E-state index is -0.440. The van der Waals surface area contributed by atoms with E-state index in [2.05, 4.69) is 5.32 Å². The minimum absolute atomic E-state index is 0.0888. The molecular formula is C13H19Cl2NO2. The number of aliphatic hydroxyl groups is 1. The Morgan fingerprint density at radius 3 is 2.78 bits per heavy atom. The highest BCUT2D eigenvalue weighted by atomic mass is 35.5. The summed E-state index contributed by atoms with van der Waals surface area (Å²) in [6.45, 7) is 3.06. The average Bonchev–Trinajstić information content (AvgIpc) is 2.32. The van der Waals surface area contributed by atoms with Gasteiger partial charge in [0.05, 0.1) is 12.7 Å². The molecule has 0 fully saturated rings. The van der Waals surface area contributed by atoms with Crippen LogP contribution in [0.2, 0.25) is 10.0 Å². The summed E-state index contributed by atoms with van der Waals surface area (Å²) in [4.78, 5) is 0. The summed E-state index contributed by atoms with van der Waals surface area (Å²) in [7, 11) is 1.57. The van der Waals surface area contributed by atoms with Gasteiger partial charge in [-0.25, -0.2) is 0 Å². The van der Waals surface area contributed by atoms with E-state index in [-0.39, 0.29) is 6.04 Å². The third-order valence-electron chi connectivity index (χ3n) is 2.71. The standard InChI is InChI=1S/C13H19Cl2NO2/c1-9(16-6-5-11(17)8-18-2)12-7-10(14)3-4-13(12)15/h3-4,7,9,11,16-17H,5-6,8H2,1-2H3. The molecule has 0 amide bonds. The van der Waals surface area contributed by atoms with Crippen molar-refractivity contribution in [2.75, 3.05) is 20.3 Å². The van der Waals surface area contributed by atoms with Crippen molar-refractivity contribution in [3.05, 3.63) is 33.8 Å². The van der Waals surface area contributed by atoms with Crippen LogP contribution in [-0.2, 0) is 4.74 Å². The van der Waals surface area contributed by atoms with Gasteiger partial charge in [0.1, 0.15) is 0 Å². The van der Waals surface area contributed by atoms with E-state index < -0.39 is 6.10 Å². The van der Waals surface area contributed by atoms with Crippen molar-refractivity contribution in [2.24, 2.45) is 0 Å². The molecule has 0 bridgehead atoms. The minimum Gasteiger partial charge on any atom is -0.391 e. The summed E-state index contributed by atoms with van der Waals surface area (Å²) in [6, 6.07) is 5.50. The highest BCUT2D eigenvalue weighted by Crippen LogP contribution is 2.26. The molecule has 0 aliphatic heterocycles. The summed E-state index contributed by atoms with van der Waals surface area (Å²) >= 11 is 12.1. The molecule has 102 valence electrons. The molecule has 0 radical (unpaired) electrons. The molecule has 0 heterocycles. The van der Waals surface area contributed by atoms with Crippen molar-refractivity contribution in [1.82, 2.24) is 5.32 Å². The van der Waals surface area contributed by atoms with Crippen LogP contribution in [0.1, 0.15) is 24.9 Å². The highest BCUT2D eigenvalue weighted by Gasteiger charge is 2.10. The molecule has 0 aliphatic carbocycles. The summed E-state index contributed by atoms with van der Waals surface area (Å²) in [6.07, 6.45) is 0.195. The largest absolute Gasteiger partial charge is 0.391 e. The fourth-order valence-corrected chi connectivity index (χ4v) is 2.16. The second-order valence-corrected chi connectivity index (χ2v) is 5.08. The van der Waals surface area contributed by atoms with E-state index in [9.17, 15) is 5.11 Å². The van der Waals surface area contributed by atoms with Crippen molar-refractivity contribution < 1.29 is 9.84 Å². The van der Waals surface area contributed by atoms with Crippen LogP contribution in [0.3, 0.4) is 0 Å². The van der Waals surface area contributed by atoms with Crippen LogP contribution in [-0.4, -0.2) is 31.5 Å².